The number of hydrogen-bond donors (Lipinski definition) is 2. The van der Waals surface area contributed by atoms with Gasteiger partial charge in [-0.1, -0.05) is 37.3 Å². The van der Waals surface area contributed by atoms with Gasteiger partial charge in [-0.15, -0.1) is 0 Å². The van der Waals surface area contributed by atoms with E-state index in [4.69, 9.17) is 0 Å². The zero-order chi connectivity index (χ0) is 15.5. The van der Waals surface area contributed by atoms with Crippen molar-refractivity contribution in [3.63, 3.8) is 0 Å². The second-order valence-corrected chi connectivity index (χ2v) is 6.91. The Morgan fingerprint density at radius 3 is 2.33 bits per heavy atom. The van der Waals surface area contributed by atoms with Crippen LogP contribution in [0.1, 0.15) is 25.3 Å². The summed E-state index contributed by atoms with van der Waals surface area (Å²) < 4.78 is 27.7. The molecule has 0 aromatic heterocycles. The van der Waals surface area contributed by atoms with Crippen molar-refractivity contribution < 1.29 is 18.3 Å². The fraction of sp³-hybridized carbons (Fsp3) is 0.500. The van der Waals surface area contributed by atoms with E-state index >= 15 is 0 Å². The van der Waals surface area contributed by atoms with Gasteiger partial charge < -0.3 is 5.11 Å². The van der Waals surface area contributed by atoms with Gasteiger partial charge in [-0.25, -0.2) is 4.72 Å². The average Bonchev–Trinajstić information content (AvgIpc) is 2.48. The Morgan fingerprint density at radius 2 is 1.86 bits per heavy atom. The Bertz CT molecular complexity index is 593. The third-order valence-electron chi connectivity index (χ3n) is 3.98. The summed E-state index contributed by atoms with van der Waals surface area (Å²) in [5.41, 5.74) is -0.266. The van der Waals surface area contributed by atoms with Gasteiger partial charge in [0.2, 0.25) is 0 Å². The summed E-state index contributed by atoms with van der Waals surface area (Å²) in [5, 5.41) is 9.65. The molecule has 0 amide bonds. The van der Waals surface area contributed by atoms with Crippen molar-refractivity contribution in [2.24, 2.45) is 0 Å². The van der Waals surface area contributed by atoms with E-state index < -0.39 is 21.6 Å². The summed E-state index contributed by atoms with van der Waals surface area (Å²) in [7, 11) is -3.50. The molecule has 0 aliphatic carbocycles. The molecule has 1 aromatic carbocycles. The van der Waals surface area contributed by atoms with E-state index in [0.717, 1.165) is 5.56 Å². The van der Waals surface area contributed by atoms with Crippen LogP contribution in [0.2, 0.25) is 0 Å². The topological polar surface area (TPSA) is 86.7 Å². The highest BCUT2D eigenvalue weighted by Gasteiger charge is 2.44. The monoisotopic (exact) mass is 312 g/mol. The van der Waals surface area contributed by atoms with Crippen molar-refractivity contribution >= 4 is 16.2 Å². The maximum atomic E-state index is 12.0. The van der Waals surface area contributed by atoms with E-state index in [-0.39, 0.29) is 25.9 Å². The van der Waals surface area contributed by atoms with Gasteiger partial charge in [0.05, 0.1) is 5.41 Å². The minimum absolute atomic E-state index is 0.205. The number of hydrogen-bond acceptors (Lipinski definition) is 3. The summed E-state index contributed by atoms with van der Waals surface area (Å²) in [5.74, 6) is -0.894. The van der Waals surface area contributed by atoms with E-state index in [9.17, 15) is 18.3 Å². The van der Waals surface area contributed by atoms with Crippen LogP contribution in [0.5, 0.6) is 0 Å². The van der Waals surface area contributed by atoms with Crippen LogP contribution in [-0.4, -0.2) is 43.4 Å². The van der Waals surface area contributed by atoms with E-state index in [1.165, 1.54) is 4.31 Å². The van der Waals surface area contributed by atoms with Crippen LogP contribution < -0.4 is 4.72 Å². The number of carboxylic acids is 1. The average molecular weight is 312 g/mol. The Hall–Kier alpha value is -1.44. The summed E-state index contributed by atoms with van der Waals surface area (Å²) >= 11 is 0. The fourth-order valence-corrected chi connectivity index (χ4v) is 3.98. The van der Waals surface area contributed by atoms with Crippen molar-refractivity contribution in [1.82, 2.24) is 9.03 Å². The van der Waals surface area contributed by atoms with Crippen molar-refractivity contribution in [2.75, 3.05) is 19.6 Å². The molecular formula is C14H20N2O4S. The zero-order valence-electron chi connectivity index (χ0n) is 11.9. The fourth-order valence-electron chi connectivity index (χ4n) is 2.77. The molecule has 0 unspecified atom stereocenters. The molecule has 0 radical (unpaired) electrons. The Kier molecular flexibility index (Phi) is 4.65. The number of benzene rings is 1. The minimum Gasteiger partial charge on any atom is -0.481 e. The standard InChI is InChI=1S/C14H20N2O4S/c1-2-15-21(19,20)16-10-8-14(9-11-16,13(17)18)12-6-4-3-5-7-12/h3-7,15H,2,8-11H2,1H3,(H,17,18). The van der Waals surface area contributed by atoms with Gasteiger partial charge in [-0.05, 0) is 18.4 Å². The number of carbonyl (C=O) groups is 1. The van der Waals surface area contributed by atoms with Crippen LogP contribution in [0.3, 0.4) is 0 Å². The first-order chi connectivity index (χ1) is 9.92. The molecule has 1 saturated heterocycles. The molecular weight excluding hydrogens is 292 g/mol. The van der Waals surface area contributed by atoms with Gasteiger partial charge in [0, 0.05) is 19.6 Å². The van der Waals surface area contributed by atoms with Gasteiger partial charge in [-0.3, -0.25) is 4.79 Å². The SMILES string of the molecule is CCNS(=O)(=O)N1CCC(C(=O)O)(c2ccccc2)CC1. The largest absolute Gasteiger partial charge is 0.481 e. The molecule has 2 rings (SSSR count). The summed E-state index contributed by atoms with van der Waals surface area (Å²) in [6.45, 7) is 2.45. The van der Waals surface area contributed by atoms with Gasteiger partial charge in [-0.2, -0.15) is 12.7 Å². The summed E-state index contributed by atoms with van der Waals surface area (Å²) in [6, 6.07) is 9.04. The van der Waals surface area contributed by atoms with Gasteiger partial charge in [0.1, 0.15) is 0 Å². The highest BCUT2D eigenvalue weighted by Crippen LogP contribution is 2.36. The van der Waals surface area contributed by atoms with Crippen LogP contribution in [0.4, 0.5) is 0 Å². The highest BCUT2D eigenvalue weighted by atomic mass is 32.2. The van der Waals surface area contributed by atoms with Gasteiger partial charge in [0.15, 0.2) is 0 Å². The highest BCUT2D eigenvalue weighted by molar-refractivity contribution is 7.87. The lowest BCUT2D eigenvalue weighted by Gasteiger charge is -2.38. The molecule has 1 fully saturated rings. The quantitative estimate of drug-likeness (QED) is 0.848. The van der Waals surface area contributed by atoms with Crippen LogP contribution in [0.15, 0.2) is 30.3 Å². The van der Waals surface area contributed by atoms with Crippen molar-refractivity contribution in [1.29, 1.82) is 0 Å². The molecule has 1 aliphatic rings. The number of rotatable bonds is 5. The van der Waals surface area contributed by atoms with Gasteiger partial charge in [0.25, 0.3) is 10.2 Å². The predicted octanol–water partition coefficient (Wildman–Crippen LogP) is 0.959. The molecule has 6 nitrogen and oxygen atoms in total. The van der Waals surface area contributed by atoms with E-state index in [1.807, 2.05) is 18.2 Å². The molecule has 116 valence electrons. The number of nitrogens with zero attached hydrogens (tertiary/aromatic N) is 1. The van der Waals surface area contributed by atoms with Crippen LogP contribution in [0.25, 0.3) is 0 Å². The molecule has 21 heavy (non-hydrogen) atoms. The van der Waals surface area contributed by atoms with Crippen LogP contribution >= 0.6 is 0 Å². The van der Waals surface area contributed by atoms with Crippen LogP contribution in [-0.2, 0) is 20.4 Å². The molecule has 1 aromatic rings. The van der Waals surface area contributed by atoms with E-state index in [2.05, 4.69) is 4.72 Å². The van der Waals surface area contributed by atoms with Crippen molar-refractivity contribution in [3.8, 4) is 0 Å². The maximum absolute atomic E-state index is 12.0. The smallest absolute Gasteiger partial charge is 0.314 e. The number of piperidine rings is 1. The van der Waals surface area contributed by atoms with Crippen molar-refractivity contribution in [2.45, 2.75) is 25.2 Å². The molecule has 1 heterocycles. The predicted molar refractivity (Wildman–Crippen MR) is 79.2 cm³/mol. The lowest BCUT2D eigenvalue weighted by molar-refractivity contribution is -0.145. The molecule has 0 spiro atoms. The number of nitrogens with one attached hydrogen (secondary N) is 1. The molecule has 2 N–H and O–H groups in total. The maximum Gasteiger partial charge on any atom is 0.314 e. The number of carboxylic acid groups (broad SMARTS) is 1. The van der Waals surface area contributed by atoms with Gasteiger partial charge >= 0.3 is 5.97 Å². The summed E-state index contributed by atoms with van der Waals surface area (Å²) in [6.07, 6.45) is 0.550. The first-order valence-corrected chi connectivity index (χ1v) is 8.40. The Labute approximate surface area is 125 Å². The normalized spacial score (nSPS) is 19.3. The molecule has 0 saturated carbocycles. The second-order valence-electron chi connectivity index (χ2n) is 5.16. The molecule has 7 heteroatoms. The first-order valence-electron chi connectivity index (χ1n) is 6.96. The Balaban J connectivity index is 2.22. The molecule has 1 aliphatic heterocycles. The van der Waals surface area contributed by atoms with Crippen LogP contribution in [0, 0.1) is 0 Å². The minimum atomic E-state index is -3.50. The number of aliphatic carboxylic acids is 1. The molecule has 0 atom stereocenters. The third-order valence-corrected chi connectivity index (χ3v) is 5.68. The van der Waals surface area contributed by atoms with E-state index in [1.54, 1.807) is 19.1 Å². The Morgan fingerprint density at radius 1 is 1.29 bits per heavy atom. The van der Waals surface area contributed by atoms with E-state index in [0.29, 0.717) is 6.54 Å². The second kappa shape index (κ2) is 6.13. The lowest BCUT2D eigenvalue weighted by Crippen LogP contribution is -2.51. The summed E-state index contributed by atoms with van der Waals surface area (Å²) in [4.78, 5) is 11.8. The lowest BCUT2D eigenvalue weighted by atomic mass is 9.73. The third kappa shape index (κ3) is 3.09. The molecule has 0 bridgehead atoms. The first kappa shape index (κ1) is 15.9. The van der Waals surface area contributed by atoms with Crippen molar-refractivity contribution in [3.05, 3.63) is 35.9 Å². The zero-order valence-corrected chi connectivity index (χ0v) is 12.8.